The van der Waals surface area contributed by atoms with Gasteiger partial charge < -0.3 is 10.5 Å². The fourth-order valence-corrected chi connectivity index (χ4v) is 0.899. The van der Waals surface area contributed by atoms with E-state index in [2.05, 4.69) is 0 Å². The minimum Gasteiger partial charge on any atom is -0.460 e. The molecule has 0 aliphatic carbocycles. The maximum Gasteiger partial charge on any atom is 0.325 e. The van der Waals surface area contributed by atoms with Gasteiger partial charge >= 0.3 is 5.97 Å². The Morgan fingerprint density at radius 1 is 1.43 bits per heavy atom. The topological polar surface area (TPSA) is 52.3 Å². The molecular formula is C10H12FNO2. The summed E-state index contributed by atoms with van der Waals surface area (Å²) >= 11 is 0. The molecule has 0 aromatic heterocycles. The summed E-state index contributed by atoms with van der Waals surface area (Å²) in [6.45, 7) is -0.763. The van der Waals surface area contributed by atoms with Gasteiger partial charge in [0, 0.05) is 0 Å². The first kappa shape index (κ1) is 10.7. The van der Waals surface area contributed by atoms with E-state index in [1.165, 1.54) is 0 Å². The van der Waals surface area contributed by atoms with Crippen molar-refractivity contribution in [3.63, 3.8) is 0 Å². The predicted octanol–water partition coefficient (Wildman–Crippen LogP) is 1.03. The van der Waals surface area contributed by atoms with Gasteiger partial charge in [-0.2, -0.15) is 0 Å². The molecule has 0 spiro atoms. The molecule has 14 heavy (non-hydrogen) atoms. The molecule has 4 heteroatoms. The smallest absolute Gasteiger partial charge is 0.325 e. The third-order valence-corrected chi connectivity index (χ3v) is 1.69. The van der Waals surface area contributed by atoms with Gasteiger partial charge in [-0.25, -0.2) is 4.39 Å². The molecule has 0 aliphatic heterocycles. The van der Waals surface area contributed by atoms with Crippen LogP contribution in [0.5, 0.6) is 0 Å². The van der Waals surface area contributed by atoms with Crippen LogP contribution in [0.3, 0.4) is 0 Å². The first-order valence-electron chi connectivity index (χ1n) is 4.26. The summed E-state index contributed by atoms with van der Waals surface area (Å²) in [5.74, 6) is -0.712. The van der Waals surface area contributed by atoms with Crippen LogP contribution in [-0.2, 0) is 16.1 Å². The molecule has 3 nitrogen and oxygen atoms in total. The normalized spacial score (nSPS) is 12.1. The SMILES string of the molecule is N[C@H](CF)C(=O)OCc1ccccc1. The number of hydrogen-bond acceptors (Lipinski definition) is 3. The van der Waals surface area contributed by atoms with Gasteiger partial charge in [-0.05, 0) is 5.56 Å². The highest BCUT2D eigenvalue weighted by molar-refractivity contribution is 5.75. The molecule has 0 saturated carbocycles. The van der Waals surface area contributed by atoms with Gasteiger partial charge in [-0.3, -0.25) is 4.79 Å². The third-order valence-electron chi connectivity index (χ3n) is 1.69. The number of hydrogen-bond donors (Lipinski definition) is 1. The maximum atomic E-state index is 11.9. The summed E-state index contributed by atoms with van der Waals surface area (Å²) in [5.41, 5.74) is 5.98. The van der Waals surface area contributed by atoms with Crippen molar-refractivity contribution in [1.29, 1.82) is 0 Å². The van der Waals surface area contributed by atoms with Crippen LogP contribution in [0, 0.1) is 0 Å². The molecule has 1 rings (SSSR count). The van der Waals surface area contributed by atoms with Crippen LogP contribution in [0.4, 0.5) is 4.39 Å². The van der Waals surface area contributed by atoms with Crippen molar-refractivity contribution in [2.45, 2.75) is 12.6 Å². The van der Waals surface area contributed by atoms with Gasteiger partial charge in [-0.15, -0.1) is 0 Å². The van der Waals surface area contributed by atoms with Gasteiger partial charge in [0.15, 0.2) is 0 Å². The molecule has 0 saturated heterocycles. The first-order valence-corrected chi connectivity index (χ1v) is 4.26. The van der Waals surface area contributed by atoms with Gasteiger partial charge in [-0.1, -0.05) is 30.3 Å². The van der Waals surface area contributed by atoms with E-state index in [9.17, 15) is 9.18 Å². The highest BCUT2D eigenvalue weighted by Crippen LogP contribution is 2.01. The van der Waals surface area contributed by atoms with E-state index in [4.69, 9.17) is 10.5 Å². The second kappa shape index (κ2) is 5.34. The lowest BCUT2D eigenvalue weighted by molar-refractivity contribution is -0.146. The Labute approximate surface area is 81.7 Å². The molecule has 0 bridgehead atoms. The van der Waals surface area contributed by atoms with E-state index < -0.39 is 18.7 Å². The summed E-state index contributed by atoms with van der Waals surface area (Å²) in [7, 11) is 0. The van der Waals surface area contributed by atoms with E-state index in [0.717, 1.165) is 5.56 Å². The number of benzene rings is 1. The van der Waals surface area contributed by atoms with Crippen molar-refractivity contribution in [3.05, 3.63) is 35.9 Å². The lowest BCUT2D eigenvalue weighted by atomic mass is 10.2. The Bertz CT molecular complexity index is 289. The summed E-state index contributed by atoms with van der Waals surface area (Å²) in [5, 5.41) is 0. The summed E-state index contributed by atoms with van der Waals surface area (Å²) in [6.07, 6.45) is 0. The lowest BCUT2D eigenvalue weighted by Crippen LogP contribution is -2.34. The van der Waals surface area contributed by atoms with E-state index in [1.807, 2.05) is 30.3 Å². The highest BCUT2D eigenvalue weighted by Gasteiger charge is 2.13. The van der Waals surface area contributed by atoms with Crippen molar-refractivity contribution in [2.24, 2.45) is 5.73 Å². The summed E-state index contributed by atoms with van der Waals surface area (Å²) in [4.78, 5) is 11.0. The monoisotopic (exact) mass is 197 g/mol. The van der Waals surface area contributed by atoms with Crippen LogP contribution in [0.2, 0.25) is 0 Å². The van der Waals surface area contributed by atoms with Crippen molar-refractivity contribution >= 4 is 5.97 Å². The highest BCUT2D eigenvalue weighted by atomic mass is 19.1. The zero-order chi connectivity index (χ0) is 10.4. The number of esters is 1. The molecule has 0 fully saturated rings. The second-order valence-corrected chi connectivity index (χ2v) is 2.85. The van der Waals surface area contributed by atoms with Crippen molar-refractivity contribution in [3.8, 4) is 0 Å². The number of nitrogens with two attached hydrogens (primary N) is 1. The fraction of sp³-hybridized carbons (Fsp3) is 0.300. The first-order chi connectivity index (χ1) is 6.74. The Morgan fingerprint density at radius 2 is 2.07 bits per heavy atom. The minimum absolute atomic E-state index is 0.132. The van der Waals surface area contributed by atoms with E-state index >= 15 is 0 Å². The van der Waals surface area contributed by atoms with Crippen molar-refractivity contribution in [2.75, 3.05) is 6.67 Å². The number of rotatable bonds is 4. The Hall–Kier alpha value is -1.42. The molecule has 2 N–H and O–H groups in total. The van der Waals surface area contributed by atoms with Crippen LogP contribution in [0.1, 0.15) is 5.56 Å². The largest absolute Gasteiger partial charge is 0.460 e. The van der Waals surface area contributed by atoms with Crippen LogP contribution in [-0.4, -0.2) is 18.7 Å². The van der Waals surface area contributed by atoms with Crippen LogP contribution >= 0.6 is 0 Å². The van der Waals surface area contributed by atoms with E-state index in [-0.39, 0.29) is 6.61 Å². The van der Waals surface area contributed by atoms with Gasteiger partial charge in [0.2, 0.25) is 0 Å². The molecule has 0 amide bonds. The van der Waals surface area contributed by atoms with E-state index in [1.54, 1.807) is 0 Å². The lowest BCUT2D eigenvalue weighted by Gasteiger charge is -2.07. The average molecular weight is 197 g/mol. The quantitative estimate of drug-likeness (QED) is 0.733. The number of alkyl halides is 1. The standard InChI is InChI=1S/C10H12FNO2/c11-6-9(12)10(13)14-7-8-4-2-1-3-5-8/h1-5,9H,6-7,12H2/t9-/m1/s1. The predicted molar refractivity (Wildman–Crippen MR) is 50.2 cm³/mol. The van der Waals surface area contributed by atoms with Crippen LogP contribution in [0.25, 0.3) is 0 Å². The average Bonchev–Trinajstić information content (AvgIpc) is 2.26. The molecule has 1 aromatic carbocycles. The van der Waals surface area contributed by atoms with Gasteiger partial charge in [0.25, 0.3) is 0 Å². The Balaban J connectivity index is 2.38. The Morgan fingerprint density at radius 3 is 2.64 bits per heavy atom. The molecular weight excluding hydrogens is 185 g/mol. The molecule has 0 aliphatic rings. The van der Waals surface area contributed by atoms with Gasteiger partial charge in [0.05, 0.1) is 0 Å². The van der Waals surface area contributed by atoms with E-state index in [0.29, 0.717) is 0 Å². The van der Waals surface area contributed by atoms with Crippen LogP contribution in [0.15, 0.2) is 30.3 Å². The number of halogens is 1. The summed E-state index contributed by atoms with van der Waals surface area (Å²) in [6, 6.07) is 7.98. The molecule has 0 unspecified atom stereocenters. The minimum atomic E-state index is -1.17. The van der Waals surface area contributed by atoms with Crippen molar-refractivity contribution < 1.29 is 13.9 Å². The van der Waals surface area contributed by atoms with Gasteiger partial charge in [0.1, 0.15) is 19.3 Å². The number of carbonyl (C=O) groups is 1. The Kier molecular flexibility index (Phi) is 4.07. The molecule has 1 atom stereocenters. The number of ether oxygens (including phenoxy) is 1. The second-order valence-electron chi connectivity index (χ2n) is 2.85. The maximum absolute atomic E-state index is 11.9. The zero-order valence-electron chi connectivity index (χ0n) is 7.65. The third kappa shape index (κ3) is 3.14. The molecule has 76 valence electrons. The fourth-order valence-electron chi connectivity index (χ4n) is 0.899. The zero-order valence-corrected chi connectivity index (χ0v) is 7.65. The number of carbonyl (C=O) groups excluding carboxylic acids is 1. The van der Waals surface area contributed by atoms with Crippen molar-refractivity contribution in [1.82, 2.24) is 0 Å². The molecule has 0 radical (unpaired) electrons. The summed E-state index contributed by atoms with van der Waals surface area (Å²) < 4.78 is 16.7. The molecule has 0 heterocycles. The van der Waals surface area contributed by atoms with Crippen LogP contribution < -0.4 is 5.73 Å². The molecule has 1 aromatic rings.